The molecule has 0 aliphatic carbocycles. The average molecular weight is 427 g/mol. The summed E-state index contributed by atoms with van der Waals surface area (Å²) in [6.07, 6.45) is -1.57. The zero-order valence-corrected chi connectivity index (χ0v) is 15.9. The smallest absolute Gasteiger partial charge is 0.384 e. The van der Waals surface area contributed by atoms with Crippen LogP contribution in [0.15, 0.2) is 73.1 Å². The maximum Gasteiger partial charge on any atom is 0.416 e. The number of pyridine rings is 1. The van der Waals surface area contributed by atoms with Gasteiger partial charge in [-0.3, -0.25) is 0 Å². The molecule has 0 bridgehead atoms. The van der Waals surface area contributed by atoms with Crippen LogP contribution in [0.2, 0.25) is 0 Å². The minimum Gasteiger partial charge on any atom is -0.384 e. The van der Waals surface area contributed by atoms with Crippen LogP contribution in [0.25, 0.3) is 10.9 Å². The molecule has 0 saturated carbocycles. The van der Waals surface area contributed by atoms with Gasteiger partial charge in [-0.1, -0.05) is 12.1 Å². The van der Waals surface area contributed by atoms with Crippen molar-refractivity contribution in [3.63, 3.8) is 0 Å². The number of benzene rings is 2. The summed E-state index contributed by atoms with van der Waals surface area (Å²) in [5.74, 6) is 0.182. The first kappa shape index (κ1) is 17.8. The molecule has 0 saturated heterocycles. The molecule has 31 heavy (non-hydrogen) atoms. The molecule has 2 aromatic carbocycles. The third kappa shape index (κ3) is 4.61. The number of amides is 2. The molecule has 2 amide bonds. The van der Waals surface area contributed by atoms with Crippen LogP contribution in [-0.4, -0.2) is 15.6 Å². The zero-order chi connectivity index (χ0) is 23.8. The number of rotatable bonds is 4. The number of nitrogens with zero attached hydrogens (tertiary/aromatic N) is 2. The second kappa shape index (κ2) is 8.02. The first-order chi connectivity index (χ1) is 15.6. The predicted octanol–water partition coefficient (Wildman–Crippen LogP) is 5.33. The van der Waals surface area contributed by atoms with E-state index in [4.69, 9.17) is 8.48 Å². The Bertz CT molecular complexity index is 1340. The van der Waals surface area contributed by atoms with Gasteiger partial charge in [0.2, 0.25) is 0 Å². The lowest BCUT2D eigenvalue weighted by atomic mass is 10.2. The van der Waals surface area contributed by atoms with Gasteiger partial charge in [0.25, 0.3) is 0 Å². The number of nitrogen functional groups attached to an aromatic ring is 1. The fourth-order valence-electron chi connectivity index (χ4n) is 3.09. The minimum atomic E-state index is -4.53. The van der Waals surface area contributed by atoms with Gasteiger partial charge in [0.05, 0.1) is 19.5 Å². The van der Waals surface area contributed by atoms with Crippen molar-refractivity contribution in [2.24, 2.45) is 0 Å². The Morgan fingerprint density at radius 2 is 1.90 bits per heavy atom. The van der Waals surface area contributed by atoms with Crippen LogP contribution in [-0.2, 0) is 12.7 Å². The number of anilines is 3. The Balaban J connectivity index is 1.60. The van der Waals surface area contributed by atoms with E-state index >= 15 is 0 Å². The first-order valence-corrected chi connectivity index (χ1v) is 9.13. The van der Waals surface area contributed by atoms with Crippen molar-refractivity contribution in [2.45, 2.75) is 12.7 Å². The van der Waals surface area contributed by atoms with Gasteiger partial charge < -0.3 is 20.9 Å². The molecule has 0 aliphatic heterocycles. The summed E-state index contributed by atoms with van der Waals surface area (Å²) in [6, 6.07) is 13.1. The van der Waals surface area contributed by atoms with Crippen LogP contribution in [0.4, 0.5) is 35.2 Å². The number of carbonyl (C=O) groups is 1. The van der Waals surface area contributed by atoms with Crippen LogP contribution in [0.5, 0.6) is 0 Å². The van der Waals surface area contributed by atoms with Gasteiger partial charge in [0.1, 0.15) is 5.82 Å². The number of hydrogen-bond acceptors (Lipinski definition) is 3. The highest BCUT2D eigenvalue weighted by Crippen LogP contribution is 2.31. The van der Waals surface area contributed by atoms with Crippen molar-refractivity contribution in [1.29, 1.82) is 0 Å². The number of fused-ring (bicyclic) bond motifs is 1. The lowest BCUT2D eigenvalue weighted by Gasteiger charge is -2.12. The highest BCUT2D eigenvalue weighted by molar-refractivity contribution is 6.05. The Hall–Kier alpha value is -4.01. The van der Waals surface area contributed by atoms with Crippen LogP contribution < -0.4 is 16.4 Å². The van der Waals surface area contributed by atoms with Gasteiger partial charge >= 0.3 is 12.2 Å². The molecule has 158 valence electrons. The number of halogens is 3. The Labute approximate surface area is 178 Å². The van der Waals surface area contributed by atoms with Gasteiger partial charge in [0.15, 0.2) is 0 Å². The summed E-state index contributed by atoms with van der Waals surface area (Å²) in [6.45, 7) is -1.96. The molecular weight excluding hydrogens is 407 g/mol. The topological polar surface area (TPSA) is 85.0 Å². The van der Waals surface area contributed by atoms with Crippen molar-refractivity contribution < 1.29 is 20.7 Å². The fraction of sp³-hybridized carbons (Fsp3) is 0.0909. The third-order valence-corrected chi connectivity index (χ3v) is 4.46. The molecule has 0 fully saturated rings. The molecule has 0 unspecified atom stereocenters. The monoisotopic (exact) mass is 427 g/mol. The maximum absolute atomic E-state index is 12.9. The van der Waals surface area contributed by atoms with Crippen LogP contribution >= 0.6 is 0 Å². The van der Waals surface area contributed by atoms with Crippen molar-refractivity contribution in [3.8, 4) is 0 Å². The lowest BCUT2D eigenvalue weighted by molar-refractivity contribution is -0.137. The Morgan fingerprint density at radius 3 is 2.68 bits per heavy atom. The molecular formula is C22H18F3N5O. The molecule has 0 atom stereocenters. The van der Waals surface area contributed by atoms with E-state index in [0.29, 0.717) is 22.2 Å². The molecule has 0 spiro atoms. The molecule has 2 heterocycles. The minimum absolute atomic E-state index is 0.0151. The van der Waals surface area contributed by atoms with Crippen molar-refractivity contribution in [3.05, 3.63) is 84.2 Å². The normalized spacial score (nSPS) is 12.9. The molecule has 2 aromatic heterocycles. The van der Waals surface area contributed by atoms with E-state index in [9.17, 15) is 18.0 Å². The van der Waals surface area contributed by atoms with Crippen LogP contribution in [0, 0.1) is 0 Å². The van der Waals surface area contributed by atoms with E-state index in [2.05, 4.69) is 15.6 Å². The number of alkyl halides is 3. The second-order valence-electron chi connectivity index (χ2n) is 6.66. The number of nitrogens with two attached hydrogens (primary N) is 1. The maximum atomic E-state index is 12.9. The van der Waals surface area contributed by atoms with Gasteiger partial charge in [-0.25, -0.2) is 9.78 Å². The first-order valence-electron chi connectivity index (χ1n) is 10.1. The highest BCUT2D eigenvalue weighted by Gasteiger charge is 2.30. The average Bonchev–Trinajstić information content (AvgIpc) is 3.19. The largest absolute Gasteiger partial charge is 0.416 e. The molecule has 0 radical (unpaired) electrons. The summed E-state index contributed by atoms with van der Waals surface area (Å²) >= 11 is 0. The molecule has 4 aromatic rings. The lowest BCUT2D eigenvalue weighted by Crippen LogP contribution is -2.20. The SMILES string of the molecule is [2H]C([2H])(c1ccnc(N)c1)n1ccc2c(NC(=O)Nc3cccc(C(F)(F)F)c3)cccc21. The molecule has 4 N–H and O–H groups in total. The number of aromatic nitrogens is 2. The van der Waals surface area contributed by atoms with Crippen molar-refractivity contribution in [1.82, 2.24) is 9.55 Å². The highest BCUT2D eigenvalue weighted by atomic mass is 19.4. The van der Waals surface area contributed by atoms with Gasteiger partial charge in [-0.15, -0.1) is 0 Å². The fourth-order valence-corrected chi connectivity index (χ4v) is 3.09. The third-order valence-electron chi connectivity index (χ3n) is 4.46. The molecule has 4 rings (SSSR count). The molecule has 6 nitrogen and oxygen atoms in total. The Kier molecular flexibility index (Phi) is 4.61. The summed E-state index contributed by atoms with van der Waals surface area (Å²) in [7, 11) is 0. The quantitative estimate of drug-likeness (QED) is 0.412. The zero-order valence-electron chi connectivity index (χ0n) is 17.9. The summed E-state index contributed by atoms with van der Waals surface area (Å²) < 4.78 is 57.3. The standard InChI is InChI=1S/C22H18F3N5O/c23-22(24,25)15-3-1-4-16(12-15)28-21(31)29-18-5-2-6-19-17(18)8-10-30(19)13-14-7-9-27-20(26)11-14/h1-12H,13H2,(H2,26,27)(H2,28,29,31)/i13D2. The van der Waals surface area contributed by atoms with Crippen LogP contribution in [0.3, 0.4) is 0 Å². The number of carbonyl (C=O) groups excluding carboxylic acids is 1. The second-order valence-corrected chi connectivity index (χ2v) is 6.66. The van der Waals surface area contributed by atoms with Gasteiger partial charge in [-0.05, 0) is 54.1 Å². The number of nitrogens with one attached hydrogen (secondary N) is 2. The summed E-state index contributed by atoms with van der Waals surface area (Å²) in [5.41, 5.74) is 5.96. The predicted molar refractivity (Wildman–Crippen MR) is 114 cm³/mol. The number of hydrogen-bond donors (Lipinski definition) is 3. The Morgan fingerprint density at radius 1 is 1.10 bits per heavy atom. The van der Waals surface area contributed by atoms with E-state index in [1.165, 1.54) is 41.2 Å². The van der Waals surface area contributed by atoms with E-state index in [0.717, 1.165) is 12.1 Å². The van der Waals surface area contributed by atoms with E-state index in [-0.39, 0.29) is 11.5 Å². The van der Waals surface area contributed by atoms with Gasteiger partial charge in [-0.2, -0.15) is 13.2 Å². The van der Waals surface area contributed by atoms with E-state index in [1.807, 2.05) is 0 Å². The van der Waals surface area contributed by atoms with Crippen molar-refractivity contribution in [2.75, 3.05) is 16.4 Å². The van der Waals surface area contributed by atoms with E-state index < -0.39 is 24.3 Å². The van der Waals surface area contributed by atoms with Gasteiger partial charge in [0, 0.05) is 30.0 Å². The van der Waals surface area contributed by atoms with Crippen LogP contribution in [0.1, 0.15) is 13.9 Å². The van der Waals surface area contributed by atoms with E-state index in [1.54, 1.807) is 24.3 Å². The molecule has 0 aliphatic rings. The summed E-state index contributed by atoms with van der Waals surface area (Å²) in [5, 5.41) is 5.54. The molecule has 9 heteroatoms. The summed E-state index contributed by atoms with van der Waals surface area (Å²) in [4.78, 5) is 16.3. The van der Waals surface area contributed by atoms with Crippen molar-refractivity contribution >= 4 is 34.1 Å². The number of urea groups is 1.